The molecule has 0 radical (unpaired) electrons. The van der Waals surface area contributed by atoms with E-state index in [-0.39, 0.29) is 29.2 Å². The molecule has 18 heavy (non-hydrogen) atoms. The lowest BCUT2D eigenvalue weighted by Gasteiger charge is -2.05. The molecule has 0 aliphatic carbocycles. The minimum Gasteiger partial charge on any atom is -0.507 e. The minimum absolute atomic E-state index is 0.0123. The van der Waals surface area contributed by atoms with Crippen LogP contribution in [0.5, 0.6) is 5.75 Å². The molecule has 0 bridgehead atoms. The zero-order valence-electron chi connectivity index (χ0n) is 9.76. The number of aromatic hydroxyl groups is 1. The number of Topliss-reactive ketones (excluding diaryl/α,β-unsaturated/α-hetero) is 1. The number of hydrogen-bond acceptors (Lipinski definition) is 3. The van der Waals surface area contributed by atoms with Gasteiger partial charge in [-0.05, 0) is 17.7 Å². The molecule has 0 spiro atoms. The van der Waals surface area contributed by atoms with Crippen molar-refractivity contribution in [1.29, 1.82) is 5.41 Å². The average molecular weight is 239 g/mol. The van der Waals surface area contributed by atoms with E-state index < -0.39 is 0 Å². The molecule has 0 saturated carbocycles. The summed E-state index contributed by atoms with van der Waals surface area (Å²) in [6.07, 6.45) is -0.0123. The normalized spacial score (nSPS) is 10.0. The third-order valence-corrected chi connectivity index (χ3v) is 2.66. The number of phenols is 1. The van der Waals surface area contributed by atoms with Gasteiger partial charge >= 0.3 is 0 Å². The van der Waals surface area contributed by atoms with Gasteiger partial charge in [0.15, 0.2) is 5.78 Å². The van der Waals surface area contributed by atoms with Crippen molar-refractivity contribution >= 4 is 11.5 Å². The molecule has 3 nitrogen and oxygen atoms in total. The summed E-state index contributed by atoms with van der Waals surface area (Å²) < 4.78 is 0. The first kappa shape index (κ1) is 12.0. The van der Waals surface area contributed by atoms with E-state index in [9.17, 15) is 9.90 Å². The molecule has 0 aliphatic heterocycles. The Morgan fingerprint density at radius 3 is 2.28 bits per heavy atom. The van der Waals surface area contributed by atoms with Crippen LogP contribution in [0, 0.1) is 5.41 Å². The molecule has 0 fully saturated rings. The number of hydrogen-bond donors (Lipinski definition) is 2. The first-order valence-corrected chi connectivity index (χ1v) is 5.62. The average Bonchev–Trinajstić information content (AvgIpc) is 2.40. The van der Waals surface area contributed by atoms with Gasteiger partial charge in [-0.15, -0.1) is 0 Å². The molecule has 0 heterocycles. The number of carbonyl (C=O) groups is 1. The molecular weight excluding hydrogens is 226 g/mol. The van der Waals surface area contributed by atoms with E-state index in [2.05, 4.69) is 0 Å². The summed E-state index contributed by atoms with van der Waals surface area (Å²) in [6, 6.07) is 15.5. The second-order valence-corrected chi connectivity index (χ2v) is 3.96. The fourth-order valence-electron chi connectivity index (χ4n) is 1.71. The Bertz CT molecular complexity index is 576. The van der Waals surface area contributed by atoms with Crippen LogP contribution in [0.3, 0.4) is 0 Å². The van der Waals surface area contributed by atoms with Gasteiger partial charge in [-0.2, -0.15) is 0 Å². The quantitative estimate of drug-likeness (QED) is 0.636. The Hall–Kier alpha value is -2.42. The fourth-order valence-corrected chi connectivity index (χ4v) is 1.71. The summed E-state index contributed by atoms with van der Waals surface area (Å²) in [6.45, 7) is 0. The minimum atomic E-state index is -0.248. The van der Waals surface area contributed by atoms with Crippen molar-refractivity contribution in [3.05, 3.63) is 65.7 Å². The van der Waals surface area contributed by atoms with Gasteiger partial charge in [-0.25, -0.2) is 0 Å². The zero-order valence-corrected chi connectivity index (χ0v) is 9.76. The van der Waals surface area contributed by atoms with Crippen LogP contribution in [-0.4, -0.2) is 16.6 Å². The highest BCUT2D eigenvalue weighted by Crippen LogP contribution is 2.18. The van der Waals surface area contributed by atoms with Crippen molar-refractivity contribution in [3.63, 3.8) is 0 Å². The van der Waals surface area contributed by atoms with E-state index >= 15 is 0 Å². The highest BCUT2D eigenvalue weighted by atomic mass is 16.3. The maximum absolute atomic E-state index is 11.9. The van der Waals surface area contributed by atoms with Crippen LogP contribution in [0.15, 0.2) is 54.6 Å². The Morgan fingerprint density at radius 2 is 1.61 bits per heavy atom. The first-order valence-electron chi connectivity index (χ1n) is 5.62. The monoisotopic (exact) mass is 239 g/mol. The highest BCUT2D eigenvalue weighted by Gasteiger charge is 2.13. The van der Waals surface area contributed by atoms with E-state index in [4.69, 9.17) is 5.41 Å². The van der Waals surface area contributed by atoms with E-state index in [0.717, 1.165) is 5.56 Å². The van der Waals surface area contributed by atoms with Crippen LogP contribution in [0.1, 0.15) is 22.3 Å². The second kappa shape index (κ2) is 5.27. The van der Waals surface area contributed by atoms with Crippen molar-refractivity contribution in [3.8, 4) is 5.75 Å². The van der Waals surface area contributed by atoms with Gasteiger partial charge in [0.2, 0.25) is 0 Å². The number of phenolic OH excluding ortho intramolecular Hbond substituents is 1. The van der Waals surface area contributed by atoms with Gasteiger partial charge in [0.1, 0.15) is 5.75 Å². The van der Waals surface area contributed by atoms with Crippen LogP contribution in [-0.2, 0) is 0 Å². The Balaban J connectivity index is 2.14. The SMILES string of the molecule is N=C(CC(=O)c1ccccc1O)c1ccccc1. The van der Waals surface area contributed by atoms with Crippen LogP contribution in [0.25, 0.3) is 0 Å². The number of rotatable bonds is 4. The maximum atomic E-state index is 11.9. The van der Waals surface area contributed by atoms with Gasteiger partial charge in [-0.1, -0.05) is 42.5 Å². The molecule has 2 rings (SSSR count). The smallest absolute Gasteiger partial charge is 0.172 e. The van der Waals surface area contributed by atoms with Crippen LogP contribution >= 0.6 is 0 Å². The van der Waals surface area contributed by atoms with E-state index in [1.54, 1.807) is 30.3 Å². The summed E-state index contributed by atoms with van der Waals surface area (Å²) in [7, 11) is 0. The third-order valence-electron chi connectivity index (χ3n) is 2.66. The van der Waals surface area contributed by atoms with Gasteiger partial charge in [0.05, 0.1) is 12.0 Å². The molecule has 3 heteroatoms. The van der Waals surface area contributed by atoms with Crippen molar-refractivity contribution in [2.24, 2.45) is 0 Å². The number of para-hydroxylation sites is 1. The summed E-state index contributed by atoms with van der Waals surface area (Å²) in [4.78, 5) is 11.9. The highest BCUT2D eigenvalue weighted by molar-refractivity contribution is 6.15. The standard InChI is InChI=1S/C15H13NO2/c16-13(11-6-2-1-3-7-11)10-15(18)12-8-4-5-9-14(12)17/h1-9,16-17H,10H2. The van der Waals surface area contributed by atoms with Crippen molar-refractivity contribution in [1.82, 2.24) is 0 Å². The van der Waals surface area contributed by atoms with Gasteiger partial charge < -0.3 is 10.5 Å². The summed E-state index contributed by atoms with van der Waals surface area (Å²) in [5.74, 6) is -0.287. The molecule has 0 saturated heterocycles. The van der Waals surface area contributed by atoms with Gasteiger partial charge in [0, 0.05) is 5.71 Å². The number of benzene rings is 2. The van der Waals surface area contributed by atoms with Crippen molar-refractivity contribution in [2.45, 2.75) is 6.42 Å². The van der Waals surface area contributed by atoms with E-state index in [0.29, 0.717) is 0 Å². The molecule has 2 aromatic carbocycles. The lowest BCUT2D eigenvalue weighted by molar-refractivity contribution is 0.0998. The summed E-state index contributed by atoms with van der Waals surface area (Å²) in [5, 5.41) is 17.5. The van der Waals surface area contributed by atoms with Crippen molar-refractivity contribution < 1.29 is 9.90 Å². The molecule has 2 aromatic rings. The van der Waals surface area contributed by atoms with Crippen molar-refractivity contribution in [2.75, 3.05) is 0 Å². The molecule has 0 aliphatic rings. The van der Waals surface area contributed by atoms with Crippen LogP contribution in [0.4, 0.5) is 0 Å². The van der Waals surface area contributed by atoms with Crippen LogP contribution < -0.4 is 0 Å². The van der Waals surface area contributed by atoms with Gasteiger partial charge in [-0.3, -0.25) is 4.79 Å². The lowest BCUT2D eigenvalue weighted by atomic mass is 10.0. The second-order valence-electron chi connectivity index (χ2n) is 3.96. The fraction of sp³-hybridized carbons (Fsp3) is 0.0667. The maximum Gasteiger partial charge on any atom is 0.172 e. The number of ketones is 1. The summed E-state index contributed by atoms with van der Waals surface area (Å²) in [5.41, 5.74) is 1.24. The van der Waals surface area contributed by atoms with Crippen LogP contribution in [0.2, 0.25) is 0 Å². The Morgan fingerprint density at radius 1 is 1.00 bits per heavy atom. The lowest BCUT2D eigenvalue weighted by Crippen LogP contribution is -2.08. The van der Waals surface area contributed by atoms with Gasteiger partial charge in [0.25, 0.3) is 0 Å². The molecule has 0 unspecified atom stereocenters. The topological polar surface area (TPSA) is 61.2 Å². The molecule has 0 amide bonds. The number of nitrogens with one attached hydrogen (secondary N) is 1. The molecule has 0 aromatic heterocycles. The largest absolute Gasteiger partial charge is 0.507 e. The van der Waals surface area contributed by atoms with E-state index in [1.165, 1.54) is 6.07 Å². The molecule has 2 N–H and O–H groups in total. The molecule has 90 valence electrons. The Labute approximate surface area is 105 Å². The predicted molar refractivity (Wildman–Crippen MR) is 70.3 cm³/mol. The van der Waals surface area contributed by atoms with E-state index in [1.807, 2.05) is 18.2 Å². The Kier molecular flexibility index (Phi) is 3.53. The zero-order chi connectivity index (χ0) is 13.0. The predicted octanol–water partition coefficient (Wildman–Crippen LogP) is 3.03. The third kappa shape index (κ3) is 2.63. The first-order chi connectivity index (χ1) is 8.68. The molecular formula is C15H13NO2. The summed E-state index contributed by atoms with van der Waals surface area (Å²) >= 11 is 0. The number of carbonyl (C=O) groups excluding carboxylic acids is 1. The molecule has 0 atom stereocenters.